The molecule has 3 saturated carbocycles. The van der Waals surface area contributed by atoms with Crippen LogP contribution in [0.1, 0.15) is 53.4 Å². The first-order valence-electron chi connectivity index (χ1n) is 10.7. The Kier molecular flexibility index (Phi) is 3.81. The quantitative estimate of drug-likeness (QED) is 0.678. The SMILES string of the molecule is CC1(C)O[C@@H]2CC3C4CCC5=CC(=O)C=CC5(C)[C@@]4(F)C(O)CC3(C)[C@]2(C(=O)O)O1. The number of aliphatic carboxylic acids is 1. The number of ether oxygens (including phenoxy) is 2. The van der Waals surface area contributed by atoms with Crippen LogP contribution in [-0.2, 0) is 19.1 Å². The van der Waals surface area contributed by atoms with Gasteiger partial charge in [-0.05, 0) is 64.5 Å². The highest BCUT2D eigenvalue weighted by Crippen LogP contribution is 2.72. The van der Waals surface area contributed by atoms with E-state index in [1.165, 1.54) is 12.2 Å². The molecule has 0 aromatic carbocycles. The molecular weight excluding hydrogens is 391 g/mol. The molecule has 6 nitrogen and oxygen atoms in total. The molecule has 1 heterocycles. The van der Waals surface area contributed by atoms with E-state index in [0.29, 0.717) is 24.8 Å². The largest absolute Gasteiger partial charge is 0.479 e. The molecule has 1 saturated heterocycles. The molecule has 0 spiro atoms. The van der Waals surface area contributed by atoms with Crippen LogP contribution in [0.4, 0.5) is 4.39 Å². The number of ketones is 1. The first kappa shape index (κ1) is 20.3. The number of carboxylic acid groups (broad SMARTS) is 1. The lowest BCUT2D eigenvalue weighted by Gasteiger charge is -2.62. The molecule has 4 aliphatic carbocycles. The van der Waals surface area contributed by atoms with Gasteiger partial charge in [0.25, 0.3) is 0 Å². The molecule has 7 heteroatoms. The average molecular weight is 420 g/mol. The second-order valence-electron chi connectivity index (χ2n) is 10.6. The van der Waals surface area contributed by atoms with E-state index in [0.717, 1.165) is 0 Å². The van der Waals surface area contributed by atoms with E-state index in [9.17, 15) is 19.8 Å². The monoisotopic (exact) mass is 420 g/mol. The molecule has 5 aliphatic rings. The van der Waals surface area contributed by atoms with Gasteiger partial charge in [-0.15, -0.1) is 0 Å². The van der Waals surface area contributed by atoms with Crippen molar-refractivity contribution in [3.8, 4) is 0 Å². The average Bonchev–Trinajstić information content (AvgIpc) is 3.04. The number of aliphatic hydroxyl groups excluding tert-OH is 1. The van der Waals surface area contributed by atoms with Crippen molar-refractivity contribution in [2.24, 2.45) is 22.7 Å². The van der Waals surface area contributed by atoms with Gasteiger partial charge in [-0.1, -0.05) is 18.6 Å². The molecule has 8 atom stereocenters. The standard InChI is InChI=1S/C23H29FO6/c1-19(2)29-17-10-15-14-6-5-12-9-13(25)7-8-20(12,3)22(14,24)16(26)11-21(15,4)23(17,30-19)18(27)28/h7-9,14-17,26H,5-6,10-11H2,1-4H3,(H,27,28)/t14?,15?,16?,17-,20?,21?,22+,23+/m1/s1. The summed E-state index contributed by atoms with van der Waals surface area (Å²) in [5.41, 5.74) is -5.00. The van der Waals surface area contributed by atoms with E-state index in [4.69, 9.17) is 9.47 Å². The lowest BCUT2D eigenvalue weighted by Crippen LogP contribution is -2.69. The van der Waals surface area contributed by atoms with Crippen LogP contribution in [0, 0.1) is 22.7 Å². The van der Waals surface area contributed by atoms with Crippen LogP contribution < -0.4 is 0 Å². The minimum atomic E-state index is -1.99. The van der Waals surface area contributed by atoms with Crippen molar-refractivity contribution in [3.05, 3.63) is 23.8 Å². The number of carbonyl (C=O) groups excluding carboxylic acids is 1. The zero-order valence-corrected chi connectivity index (χ0v) is 17.8. The summed E-state index contributed by atoms with van der Waals surface area (Å²) in [6, 6.07) is 0. The Labute approximate surface area is 175 Å². The molecule has 1 aliphatic heterocycles. The maximum Gasteiger partial charge on any atom is 0.339 e. The molecule has 5 rings (SSSR count). The fourth-order valence-corrected chi connectivity index (χ4v) is 7.68. The van der Waals surface area contributed by atoms with Crippen LogP contribution in [0.3, 0.4) is 0 Å². The third kappa shape index (κ3) is 2.04. The number of halogens is 1. The van der Waals surface area contributed by atoms with E-state index in [1.807, 2.05) is 6.92 Å². The molecule has 4 fully saturated rings. The highest BCUT2D eigenvalue weighted by molar-refractivity contribution is 6.01. The first-order valence-corrected chi connectivity index (χ1v) is 10.7. The number of carboxylic acids is 1. The van der Waals surface area contributed by atoms with Crippen molar-refractivity contribution >= 4 is 11.8 Å². The fourth-order valence-electron chi connectivity index (χ4n) is 7.68. The third-order valence-corrected chi connectivity index (χ3v) is 8.95. The Morgan fingerprint density at radius 1 is 1.23 bits per heavy atom. The van der Waals surface area contributed by atoms with E-state index in [1.54, 1.807) is 26.8 Å². The lowest BCUT2D eigenvalue weighted by molar-refractivity contribution is -0.251. The second kappa shape index (κ2) is 5.61. The molecule has 0 aromatic rings. The summed E-state index contributed by atoms with van der Waals surface area (Å²) < 4.78 is 29.1. The van der Waals surface area contributed by atoms with Crippen molar-refractivity contribution in [2.45, 2.75) is 82.6 Å². The van der Waals surface area contributed by atoms with Gasteiger partial charge in [0.05, 0.1) is 6.10 Å². The number of hydrogen-bond donors (Lipinski definition) is 2. The van der Waals surface area contributed by atoms with E-state index >= 15 is 4.39 Å². The van der Waals surface area contributed by atoms with Crippen LogP contribution in [0.5, 0.6) is 0 Å². The van der Waals surface area contributed by atoms with Gasteiger partial charge in [-0.3, -0.25) is 4.79 Å². The number of aliphatic hydroxyl groups is 1. The van der Waals surface area contributed by atoms with E-state index in [-0.39, 0.29) is 18.1 Å². The predicted molar refractivity (Wildman–Crippen MR) is 104 cm³/mol. The Hall–Kier alpha value is -1.57. The maximum absolute atomic E-state index is 17.0. The Bertz CT molecular complexity index is 909. The van der Waals surface area contributed by atoms with Crippen molar-refractivity contribution in [1.82, 2.24) is 0 Å². The van der Waals surface area contributed by atoms with Crippen molar-refractivity contribution in [1.29, 1.82) is 0 Å². The maximum atomic E-state index is 17.0. The summed E-state index contributed by atoms with van der Waals surface area (Å²) in [6.07, 6.45) is 3.69. The summed E-state index contributed by atoms with van der Waals surface area (Å²) in [4.78, 5) is 24.5. The van der Waals surface area contributed by atoms with Crippen LogP contribution >= 0.6 is 0 Å². The number of allylic oxidation sites excluding steroid dienone is 4. The number of hydrogen-bond acceptors (Lipinski definition) is 5. The summed E-state index contributed by atoms with van der Waals surface area (Å²) in [5.74, 6) is -3.24. The second-order valence-corrected chi connectivity index (χ2v) is 10.6. The highest BCUT2D eigenvalue weighted by Gasteiger charge is 2.80. The Balaban J connectivity index is 1.64. The molecule has 164 valence electrons. The topological polar surface area (TPSA) is 93.1 Å². The minimum Gasteiger partial charge on any atom is -0.479 e. The molecule has 0 bridgehead atoms. The molecule has 30 heavy (non-hydrogen) atoms. The zero-order chi connectivity index (χ0) is 21.9. The van der Waals surface area contributed by atoms with Gasteiger partial charge < -0.3 is 19.7 Å². The van der Waals surface area contributed by atoms with Gasteiger partial charge in [0, 0.05) is 16.7 Å². The summed E-state index contributed by atoms with van der Waals surface area (Å²) in [5, 5.41) is 21.6. The normalized spacial score (nSPS) is 53.4. The van der Waals surface area contributed by atoms with Gasteiger partial charge in [0.15, 0.2) is 22.8 Å². The smallest absolute Gasteiger partial charge is 0.339 e. The minimum absolute atomic E-state index is 0.0441. The highest BCUT2D eigenvalue weighted by atomic mass is 19.1. The first-order chi connectivity index (χ1) is 13.8. The molecule has 2 N–H and O–H groups in total. The van der Waals surface area contributed by atoms with Crippen molar-refractivity contribution in [3.63, 3.8) is 0 Å². The van der Waals surface area contributed by atoms with Gasteiger partial charge >= 0.3 is 5.97 Å². The molecule has 0 amide bonds. The number of fused-ring (bicyclic) bond motifs is 7. The van der Waals surface area contributed by atoms with Crippen LogP contribution in [0.15, 0.2) is 23.8 Å². The number of rotatable bonds is 1. The molecular formula is C23H29FO6. The van der Waals surface area contributed by atoms with Gasteiger partial charge in [0.2, 0.25) is 0 Å². The number of alkyl halides is 1. The summed E-state index contributed by atoms with van der Waals surface area (Å²) >= 11 is 0. The van der Waals surface area contributed by atoms with Crippen molar-refractivity contribution in [2.75, 3.05) is 0 Å². The molecule has 5 unspecified atom stereocenters. The fraction of sp³-hybridized carbons (Fsp3) is 0.739. The summed E-state index contributed by atoms with van der Waals surface area (Å²) in [6.45, 7) is 6.94. The molecule has 0 radical (unpaired) electrons. The van der Waals surface area contributed by atoms with Crippen LogP contribution in [0.2, 0.25) is 0 Å². The molecule has 0 aromatic heterocycles. The van der Waals surface area contributed by atoms with Gasteiger partial charge in [-0.25, -0.2) is 9.18 Å². The predicted octanol–water partition coefficient (Wildman–Crippen LogP) is 2.94. The zero-order valence-electron chi connectivity index (χ0n) is 17.8. The Morgan fingerprint density at radius 2 is 1.93 bits per heavy atom. The van der Waals surface area contributed by atoms with Gasteiger partial charge in [-0.2, -0.15) is 0 Å². The number of carbonyl (C=O) groups is 2. The Morgan fingerprint density at radius 3 is 2.60 bits per heavy atom. The van der Waals surface area contributed by atoms with Gasteiger partial charge in [0.1, 0.15) is 6.10 Å². The van der Waals surface area contributed by atoms with E-state index in [2.05, 4.69) is 0 Å². The third-order valence-electron chi connectivity index (χ3n) is 8.95. The van der Waals surface area contributed by atoms with E-state index < -0.39 is 52.0 Å². The van der Waals surface area contributed by atoms with Crippen molar-refractivity contribution < 1.29 is 33.7 Å². The van der Waals surface area contributed by atoms with Crippen LogP contribution in [-0.4, -0.2) is 51.2 Å². The van der Waals surface area contributed by atoms with Crippen LogP contribution in [0.25, 0.3) is 0 Å². The lowest BCUT2D eigenvalue weighted by atomic mass is 9.45. The summed E-state index contributed by atoms with van der Waals surface area (Å²) in [7, 11) is 0.